The molecule has 6 aromatic rings. The number of morpholine rings is 1. The van der Waals surface area contributed by atoms with Crippen LogP contribution in [0, 0.1) is 13.8 Å². The van der Waals surface area contributed by atoms with E-state index in [0.717, 1.165) is 21.9 Å². The predicted octanol–water partition coefficient (Wildman–Crippen LogP) is 4.16. The molecule has 2 unspecified atom stereocenters. The highest BCUT2D eigenvalue weighted by molar-refractivity contribution is 5.99. The van der Waals surface area contributed by atoms with Crippen molar-refractivity contribution < 1.29 is 24.5 Å². The van der Waals surface area contributed by atoms with Crippen molar-refractivity contribution in [3.05, 3.63) is 94.8 Å². The number of aliphatic hydroxyl groups is 2. The van der Waals surface area contributed by atoms with E-state index in [-0.39, 0.29) is 19.2 Å². The molecule has 272 valence electrons. The van der Waals surface area contributed by atoms with Crippen LogP contribution in [0.2, 0.25) is 0 Å². The van der Waals surface area contributed by atoms with Gasteiger partial charge in [-0.3, -0.25) is 9.59 Å². The average Bonchev–Trinajstić information content (AvgIpc) is 3.71. The van der Waals surface area contributed by atoms with E-state index < -0.39 is 12.2 Å². The SMILES string of the molecule is C.Cc1cnc(-n2nc(C(C)O)c3ccc(C(=O)N(C)C)cc32)nc1.Cc1cnc(-n2nc(C(C)O)c3ccc(C(=O)N4CCOCC4)cc32)nc1. The standard InChI is InChI=1S/C19H21N5O3.C17H19N5O2.CH4/c1-12-10-20-19(21-11-12)24-16-9-14(18(26)23-5-7-27-8-6-23)3-4-15(16)17(22-24)13(2)25;1-10-8-18-17(19-9-10)22-14-7-12(16(24)21(3)4)5-6-13(14)15(20-22)11(2)23;/h3-4,9-11,13,25H,5-8H2,1-2H3;5-9,11,23H,1-4H3;1H4. The molecule has 15 heteroatoms. The fraction of sp³-hybridized carbons (Fsp3) is 0.351. The normalized spacial score (nSPS) is 14.0. The third-order valence-corrected chi connectivity index (χ3v) is 8.32. The molecule has 4 aromatic heterocycles. The Hall–Kier alpha value is -5.64. The third-order valence-electron chi connectivity index (χ3n) is 8.32. The summed E-state index contributed by atoms with van der Waals surface area (Å²) in [7, 11) is 3.41. The van der Waals surface area contributed by atoms with Gasteiger partial charge >= 0.3 is 0 Å². The molecule has 0 aliphatic carbocycles. The van der Waals surface area contributed by atoms with E-state index >= 15 is 0 Å². The summed E-state index contributed by atoms with van der Waals surface area (Å²) in [6, 6.07) is 10.7. The maximum atomic E-state index is 12.8. The quantitative estimate of drug-likeness (QED) is 0.254. The number of amides is 2. The summed E-state index contributed by atoms with van der Waals surface area (Å²) in [4.78, 5) is 45.6. The lowest BCUT2D eigenvalue weighted by Crippen LogP contribution is -2.40. The molecule has 52 heavy (non-hydrogen) atoms. The number of carbonyl (C=O) groups excluding carboxylic acids is 2. The zero-order chi connectivity index (χ0) is 36.4. The molecule has 1 aliphatic heterocycles. The van der Waals surface area contributed by atoms with Crippen molar-refractivity contribution in [2.24, 2.45) is 0 Å². The van der Waals surface area contributed by atoms with Gasteiger partial charge in [0, 0.05) is 73.9 Å². The van der Waals surface area contributed by atoms with E-state index in [0.29, 0.717) is 71.7 Å². The largest absolute Gasteiger partial charge is 0.387 e. The number of aliphatic hydroxyl groups excluding tert-OH is 2. The Bertz CT molecular complexity index is 2190. The number of hydrogen-bond acceptors (Lipinski definition) is 11. The second-order valence-electron chi connectivity index (χ2n) is 12.6. The molecule has 1 aliphatic rings. The Morgan fingerprint density at radius 1 is 0.731 bits per heavy atom. The van der Waals surface area contributed by atoms with Crippen LogP contribution >= 0.6 is 0 Å². The highest BCUT2D eigenvalue weighted by Crippen LogP contribution is 2.28. The molecule has 15 nitrogen and oxygen atoms in total. The van der Waals surface area contributed by atoms with Crippen molar-refractivity contribution in [2.45, 2.75) is 47.3 Å². The predicted molar refractivity (Wildman–Crippen MR) is 196 cm³/mol. The summed E-state index contributed by atoms with van der Waals surface area (Å²) in [6.45, 7) is 9.39. The van der Waals surface area contributed by atoms with Crippen molar-refractivity contribution in [3.8, 4) is 11.9 Å². The van der Waals surface area contributed by atoms with Crippen molar-refractivity contribution >= 4 is 33.6 Å². The van der Waals surface area contributed by atoms with Crippen LogP contribution in [0.3, 0.4) is 0 Å². The fourth-order valence-electron chi connectivity index (χ4n) is 5.66. The number of carbonyl (C=O) groups is 2. The second-order valence-corrected chi connectivity index (χ2v) is 12.6. The molecule has 0 saturated carbocycles. The molecule has 1 fully saturated rings. The Balaban J connectivity index is 0.000000199. The summed E-state index contributed by atoms with van der Waals surface area (Å²) in [6.07, 6.45) is 5.33. The number of ether oxygens (including phenoxy) is 1. The summed E-state index contributed by atoms with van der Waals surface area (Å²) >= 11 is 0. The highest BCUT2D eigenvalue weighted by atomic mass is 16.5. The van der Waals surface area contributed by atoms with Crippen LogP contribution in [0.5, 0.6) is 0 Å². The summed E-state index contributed by atoms with van der Waals surface area (Å²) < 4.78 is 8.46. The lowest BCUT2D eigenvalue weighted by atomic mass is 10.1. The molecule has 2 N–H and O–H groups in total. The van der Waals surface area contributed by atoms with Crippen LogP contribution in [-0.2, 0) is 4.74 Å². The van der Waals surface area contributed by atoms with Gasteiger partial charge in [0.1, 0.15) is 0 Å². The van der Waals surface area contributed by atoms with Crippen LogP contribution in [0.15, 0.2) is 61.2 Å². The molecule has 5 heterocycles. The molecule has 2 amide bonds. The van der Waals surface area contributed by atoms with Gasteiger partial charge in [0.25, 0.3) is 23.7 Å². The number of aromatic nitrogens is 8. The van der Waals surface area contributed by atoms with E-state index in [1.165, 1.54) is 4.90 Å². The minimum absolute atomic E-state index is 0. The Labute approximate surface area is 301 Å². The maximum absolute atomic E-state index is 12.8. The van der Waals surface area contributed by atoms with E-state index in [9.17, 15) is 19.8 Å². The Morgan fingerprint density at radius 2 is 1.15 bits per heavy atom. The second kappa shape index (κ2) is 15.7. The first-order valence-corrected chi connectivity index (χ1v) is 16.5. The first-order valence-electron chi connectivity index (χ1n) is 16.5. The minimum Gasteiger partial charge on any atom is -0.387 e. The Morgan fingerprint density at radius 3 is 1.58 bits per heavy atom. The summed E-state index contributed by atoms with van der Waals surface area (Å²) in [5, 5.41) is 30.6. The number of hydrogen-bond donors (Lipinski definition) is 2. The van der Waals surface area contributed by atoms with Gasteiger partial charge in [-0.15, -0.1) is 0 Å². The van der Waals surface area contributed by atoms with Gasteiger partial charge in [-0.1, -0.05) is 19.6 Å². The molecule has 7 rings (SSSR count). The fourth-order valence-corrected chi connectivity index (χ4v) is 5.66. The third kappa shape index (κ3) is 7.66. The molecule has 0 radical (unpaired) electrons. The van der Waals surface area contributed by atoms with E-state index in [4.69, 9.17) is 4.74 Å². The maximum Gasteiger partial charge on any atom is 0.254 e. The van der Waals surface area contributed by atoms with Crippen LogP contribution in [0.4, 0.5) is 0 Å². The average molecular weight is 709 g/mol. The van der Waals surface area contributed by atoms with Crippen molar-refractivity contribution in [2.75, 3.05) is 40.4 Å². The summed E-state index contributed by atoms with van der Waals surface area (Å²) in [5.74, 6) is 0.643. The van der Waals surface area contributed by atoms with E-state index in [1.807, 2.05) is 19.9 Å². The topological polar surface area (TPSA) is 178 Å². The van der Waals surface area contributed by atoms with Gasteiger partial charge in [0.05, 0.1) is 47.8 Å². The number of fused-ring (bicyclic) bond motifs is 2. The summed E-state index contributed by atoms with van der Waals surface area (Å²) in [5.41, 5.74) is 5.41. The zero-order valence-corrected chi connectivity index (χ0v) is 29.3. The van der Waals surface area contributed by atoms with Gasteiger partial charge in [-0.25, -0.2) is 19.9 Å². The van der Waals surface area contributed by atoms with Gasteiger partial charge < -0.3 is 24.7 Å². The van der Waals surface area contributed by atoms with Gasteiger partial charge in [-0.05, 0) is 63.1 Å². The molecule has 2 aromatic carbocycles. The van der Waals surface area contributed by atoms with Crippen LogP contribution in [0.1, 0.15) is 76.7 Å². The number of aryl methyl sites for hydroxylation is 2. The minimum atomic E-state index is -0.750. The van der Waals surface area contributed by atoms with Crippen LogP contribution < -0.4 is 0 Å². The van der Waals surface area contributed by atoms with Gasteiger partial charge in [0.15, 0.2) is 0 Å². The lowest BCUT2D eigenvalue weighted by Gasteiger charge is -2.26. The van der Waals surface area contributed by atoms with Crippen molar-refractivity contribution in [3.63, 3.8) is 0 Å². The van der Waals surface area contributed by atoms with Crippen LogP contribution in [0.25, 0.3) is 33.7 Å². The molecular weight excluding hydrogens is 664 g/mol. The van der Waals surface area contributed by atoms with Crippen molar-refractivity contribution in [1.29, 1.82) is 0 Å². The molecular formula is C37H44N10O5. The first-order chi connectivity index (χ1) is 24.4. The van der Waals surface area contributed by atoms with E-state index in [2.05, 4.69) is 30.1 Å². The lowest BCUT2D eigenvalue weighted by molar-refractivity contribution is 0.0303. The number of benzene rings is 2. The highest BCUT2D eigenvalue weighted by Gasteiger charge is 2.23. The van der Waals surface area contributed by atoms with Crippen molar-refractivity contribution in [1.82, 2.24) is 49.3 Å². The van der Waals surface area contributed by atoms with E-state index in [1.54, 1.807) is 97.3 Å². The van der Waals surface area contributed by atoms with Gasteiger partial charge in [-0.2, -0.15) is 19.6 Å². The zero-order valence-electron chi connectivity index (χ0n) is 29.3. The molecule has 2 atom stereocenters. The van der Waals surface area contributed by atoms with Gasteiger partial charge in [0.2, 0.25) is 0 Å². The van der Waals surface area contributed by atoms with Crippen LogP contribution in [-0.4, -0.2) is 112 Å². The smallest absolute Gasteiger partial charge is 0.254 e. The Kier molecular flexibility index (Phi) is 11.4. The molecule has 0 bridgehead atoms. The number of nitrogens with zero attached hydrogens (tertiary/aromatic N) is 10. The number of rotatable bonds is 6. The first kappa shape index (κ1) is 37.6. The monoisotopic (exact) mass is 708 g/mol. The molecule has 1 saturated heterocycles. The molecule has 0 spiro atoms.